The van der Waals surface area contributed by atoms with Gasteiger partial charge in [-0.1, -0.05) is 22.0 Å². The predicted octanol–water partition coefficient (Wildman–Crippen LogP) is 1.54. The summed E-state index contributed by atoms with van der Waals surface area (Å²) in [6, 6.07) is 7.30. The summed E-state index contributed by atoms with van der Waals surface area (Å²) in [6.07, 6.45) is 0.924. The Morgan fingerprint density at radius 1 is 1.18 bits per heavy atom. The summed E-state index contributed by atoms with van der Waals surface area (Å²) >= 11 is 3.34. The summed E-state index contributed by atoms with van der Waals surface area (Å²) < 4.78 is 27.8. The van der Waals surface area contributed by atoms with Gasteiger partial charge in [-0.2, -0.15) is 4.31 Å². The number of rotatable bonds is 3. The third-order valence-electron chi connectivity index (χ3n) is 4.23. The standard InChI is InChI=1S/C14H20BrN3O2S.ClH/c15-12-2-1-3-14(10-12)21(19,20)18-7-4-13(11-18)17-8-5-16-6-9-17;/h1-3,10,13,16H,4-9,11H2;1H. The maximum absolute atomic E-state index is 12.7. The van der Waals surface area contributed by atoms with Gasteiger partial charge in [-0.25, -0.2) is 8.42 Å². The van der Waals surface area contributed by atoms with E-state index >= 15 is 0 Å². The number of hydrogen-bond acceptors (Lipinski definition) is 4. The predicted molar refractivity (Wildman–Crippen MR) is 93.0 cm³/mol. The van der Waals surface area contributed by atoms with Crippen LogP contribution in [0.15, 0.2) is 33.6 Å². The Kier molecular flexibility index (Phi) is 6.27. The SMILES string of the molecule is Cl.O=S(=O)(c1cccc(Br)c1)N1CCC(N2CCNCC2)C1. The van der Waals surface area contributed by atoms with Crippen LogP contribution in [0.25, 0.3) is 0 Å². The molecule has 22 heavy (non-hydrogen) atoms. The zero-order valence-electron chi connectivity index (χ0n) is 12.2. The second-order valence-electron chi connectivity index (χ2n) is 5.55. The lowest BCUT2D eigenvalue weighted by Gasteiger charge is -2.32. The van der Waals surface area contributed by atoms with Crippen LogP contribution < -0.4 is 5.32 Å². The van der Waals surface area contributed by atoms with Gasteiger partial charge in [0.2, 0.25) is 10.0 Å². The molecule has 2 fully saturated rings. The van der Waals surface area contributed by atoms with E-state index in [1.165, 1.54) is 0 Å². The van der Waals surface area contributed by atoms with Crippen LogP contribution in [0, 0.1) is 0 Å². The molecule has 0 spiro atoms. The van der Waals surface area contributed by atoms with Crippen molar-refractivity contribution in [2.75, 3.05) is 39.3 Å². The average Bonchev–Trinajstić information content (AvgIpc) is 2.99. The van der Waals surface area contributed by atoms with Gasteiger partial charge >= 0.3 is 0 Å². The van der Waals surface area contributed by atoms with Gasteiger partial charge in [0, 0.05) is 49.8 Å². The van der Waals surface area contributed by atoms with Gasteiger partial charge in [0.1, 0.15) is 0 Å². The number of sulfonamides is 1. The van der Waals surface area contributed by atoms with E-state index in [9.17, 15) is 8.42 Å². The molecule has 1 atom stereocenters. The van der Waals surface area contributed by atoms with Crippen LogP contribution in [0.3, 0.4) is 0 Å². The fraction of sp³-hybridized carbons (Fsp3) is 0.571. The van der Waals surface area contributed by atoms with E-state index < -0.39 is 10.0 Å². The van der Waals surface area contributed by atoms with E-state index in [1.807, 2.05) is 6.07 Å². The van der Waals surface area contributed by atoms with Crippen LogP contribution in [0.5, 0.6) is 0 Å². The summed E-state index contributed by atoms with van der Waals surface area (Å²) in [5.74, 6) is 0. The fourth-order valence-electron chi connectivity index (χ4n) is 3.05. The number of benzene rings is 1. The number of piperazine rings is 1. The van der Waals surface area contributed by atoms with Crippen LogP contribution >= 0.6 is 28.3 Å². The van der Waals surface area contributed by atoms with Gasteiger partial charge in [-0.15, -0.1) is 12.4 Å². The molecule has 8 heteroatoms. The highest BCUT2D eigenvalue weighted by atomic mass is 79.9. The van der Waals surface area contributed by atoms with E-state index in [4.69, 9.17) is 0 Å². The number of hydrogen-bond donors (Lipinski definition) is 1. The van der Waals surface area contributed by atoms with Crippen LogP contribution in [0.4, 0.5) is 0 Å². The lowest BCUT2D eigenvalue weighted by Crippen LogP contribution is -2.49. The summed E-state index contributed by atoms with van der Waals surface area (Å²) in [7, 11) is -3.37. The molecule has 0 bridgehead atoms. The van der Waals surface area contributed by atoms with E-state index in [2.05, 4.69) is 26.1 Å². The number of nitrogens with one attached hydrogen (secondary N) is 1. The molecule has 0 aromatic heterocycles. The van der Waals surface area contributed by atoms with E-state index in [-0.39, 0.29) is 12.4 Å². The van der Waals surface area contributed by atoms with Crippen molar-refractivity contribution in [2.24, 2.45) is 0 Å². The van der Waals surface area contributed by atoms with E-state index in [1.54, 1.807) is 22.5 Å². The normalized spacial score (nSPS) is 24.1. The van der Waals surface area contributed by atoms with E-state index in [0.29, 0.717) is 24.0 Å². The second-order valence-corrected chi connectivity index (χ2v) is 8.40. The zero-order valence-corrected chi connectivity index (χ0v) is 15.5. The molecule has 1 aromatic rings. The molecule has 0 aliphatic carbocycles. The van der Waals surface area contributed by atoms with Crippen molar-refractivity contribution in [1.29, 1.82) is 0 Å². The van der Waals surface area contributed by atoms with Crippen molar-refractivity contribution in [3.8, 4) is 0 Å². The first-order valence-electron chi connectivity index (χ1n) is 7.28. The molecule has 0 saturated carbocycles. The molecule has 0 radical (unpaired) electrons. The third-order valence-corrected chi connectivity index (χ3v) is 6.58. The van der Waals surface area contributed by atoms with Crippen LogP contribution in [-0.4, -0.2) is 62.9 Å². The fourth-order valence-corrected chi connectivity index (χ4v) is 5.14. The minimum absolute atomic E-state index is 0. The zero-order chi connectivity index (χ0) is 14.9. The van der Waals surface area contributed by atoms with Gasteiger partial charge in [-0.05, 0) is 24.6 Å². The molecule has 2 aliphatic heterocycles. The molecular weight excluding hydrogens is 390 g/mol. The molecule has 2 aliphatic rings. The molecule has 0 amide bonds. The van der Waals surface area contributed by atoms with Crippen molar-refractivity contribution in [1.82, 2.24) is 14.5 Å². The summed E-state index contributed by atoms with van der Waals surface area (Å²) in [6.45, 7) is 5.23. The Morgan fingerprint density at radius 2 is 1.91 bits per heavy atom. The second kappa shape index (κ2) is 7.59. The Labute approximate surface area is 146 Å². The first kappa shape index (κ1) is 18.2. The molecular formula is C14H21BrClN3O2S. The molecule has 124 valence electrons. The minimum atomic E-state index is -3.37. The van der Waals surface area contributed by atoms with Crippen LogP contribution in [0.2, 0.25) is 0 Å². The topological polar surface area (TPSA) is 52.7 Å². The highest BCUT2D eigenvalue weighted by Gasteiger charge is 2.35. The summed E-state index contributed by atoms with van der Waals surface area (Å²) in [4.78, 5) is 2.78. The average molecular weight is 411 g/mol. The lowest BCUT2D eigenvalue weighted by atomic mass is 10.2. The smallest absolute Gasteiger partial charge is 0.243 e. The number of halogens is 2. The molecule has 2 saturated heterocycles. The van der Waals surface area contributed by atoms with Crippen molar-refractivity contribution in [3.05, 3.63) is 28.7 Å². The molecule has 5 nitrogen and oxygen atoms in total. The quantitative estimate of drug-likeness (QED) is 0.821. The Bertz CT molecular complexity index is 608. The van der Waals surface area contributed by atoms with Gasteiger partial charge in [-0.3, -0.25) is 4.90 Å². The Hall–Kier alpha value is -0.180. The molecule has 1 unspecified atom stereocenters. The molecule has 3 rings (SSSR count). The van der Waals surface area contributed by atoms with Crippen molar-refractivity contribution in [3.63, 3.8) is 0 Å². The van der Waals surface area contributed by atoms with Crippen molar-refractivity contribution < 1.29 is 8.42 Å². The Balaban J connectivity index is 0.00000176. The first-order valence-corrected chi connectivity index (χ1v) is 9.51. The van der Waals surface area contributed by atoms with E-state index in [0.717, 1.165) is 37.1 Å². The molecule has 1 aromatic carbocycles. The van der Waals surface area contributed by atoms with Gasteiger partial charge in [0.25, 0.3) is 0 Å². The number of nitrogens with zero attached hydrogens (tertiary/aromatic N) is 2. The summed E-state index contributed by atoms with van der Waals surface area (Å²) in [5, 5.41) is 3.33. The monoisotopic (exact) mass is 409 g/mol. The third kappa shape index (κ3) is 3.83. The van der Waals surface area contributed by atoms with Crippen molar-refractivity contribution >= 4 is 38.4 Å². The highest BCUT2D eigenvalue weighted by molar-refractivity contribution is 9.10. The maximum atomic E-state index is 12.7. The Morgan fingerprint density at radius 3 is 2.59 bits per heavy atom. The molecule has 1 N–H and O–H groups in total. The molecule has 2 heterocycles. The van der Waals surface area contributed by atoms with Gasteiger partial charge < -0.3 is 5.32 Å². The maximum Gasteiger partial charge on any atom is 0.243 e. The van der Waals surface area contributed by atoms with Crippen LogP contribution in [0.1, 0.15) is 6.42 Å². The van der Waals surface area contributed by atoms with Gasteiger partial charge in [0.05, 0.1) is 4.90 Å². The lowest BCUT2D eigenvalue weighted by molar-refractivity contribution is 0.179. The largest absolute Gasteiger partial charge is 0.314 e. The van der Waals surface area contributed by atoms with Gasteiger partial charge in [0.15, 0.2) is 0 Å². The minimum Gasteiger partial charge on any atom is -0.314 e. The van der Waals surface area contributed by atoms with Crippen molar-refractivity contribution in [2.45, 2.75) is 17.4 Å². The first-order chi connectivity index (χ1) is 10.1. The summed E-state index contributed by atoms with van der Waals surface area (Å²) in [5.41, 5.74) is 0. The highest BCUT2D eigenvalue weighted by Crippen LogP contribution is 2.25. The van der Waals surface area contributed by atoms with Crippen LogP contribution in [-0.2, 0) is 10.0 Å².